The van der Waals surface area contributed by atoms with Crippen LogP contribution in [-0.4, -0.2) is 34.8 Å². The SMILES string of the molecule is O=C(c1ccco1)N1N=C(C2CC2)C[C@H]1c1cc2cc3c(cc2nc1Cl)OCCO3. The van der Waals surface area contributed by atoms with Gasteiger partial charge in [0.15, 0.2) is 17.3 Å². The molecule has 0 N–H and O–H groups in total. The molecule has 0 saturated heterocycles. The molecule has 6 rings (SSSR count). The van der Waals surface area contributed by atoms with Gasteiger partial charge in [-0.2, -0.15) is 5.10 Å². The number of pyridine rings is 1. The number of rotatable bonds is 3. The first kappa shape index (κ1) is 17.8. The van der Waals surface area contributed by atoms with Crippen LogP contribution in [0.5, 0.6) is 11.5 Å². The molecule has 1 atom stereocenters. The molecule has 2 aliphatic heterocycles. The number of aromatic nitrogens is 1. The number of fused-ring (bicyclic) bond motifs is 2. The van der Waals surface area contributed by atoms with E-state index in [1.807, 2.05) is 18.2 Å². The van der Waals surface area contributed by atoms with Gasteiger partial charge in [0.25, 0.3) is 0 Å². The first-order chi connectivity index (χ1) is 14.7. The Morgan fingerprint density at radius 3 is 2.67 bits per heavy atom. The van der Waals surface area contributed by atoms with Gasteiger partial charge >= 0.3 is 5.91 Å². The van der Waals surface area contributed by atoms with E-state index in [0.717, 1.165) is 35.0 Å². The van der Waals surface area contributed by atoms with Crippen LogP contribution in [0.2, 0.25) is 5.15 Å². The van der Waals surface area contributed by atoms with Crippen LogP contribution < -0.4 is 9.47 Å². The third-order valence-electron chi connectivity index (χ3n) is 5.74. The van der Waals surface area contributed by atoms with Gasteiger partial charge in [0.1, 0.15) is 18.4 Å². The Hall–Kier alpha value is -3.06. The van der Waals surface area contributed by atoms with Crippen molar-refractivity contribution in [2.24, 2.45) is 11.0 Å². The van der Waals surface area contributed by atoms with E-state index < -0.39 is 0 Å². The maximum atomic E-state index is 13.1. The lowest BCUT2D eigenvalue weighted by atomic mass is 9.99. The molecule has 0 bridgehead atoms. The van der Waals surface area contributed by atoms with Gasteiger partial charge in [0, 0.05) is 29.1 Å². The molecule has 3 aromatic rings. The minimum Gasteiger partial charge on any atom is -0.486 e. The van der Waals surface area contributed by atoms with Crippen LogP contribution in [0, 0.1) is 5.92 Å². The molecule has 0 radical (unpaired) electrons. The molecule has 1 saturated carbocycles. The van der Waals surface area contributed by atoms with Crippen LogP contribution in [0.25, 0.3) is 10.9 Å². The second-order valence-electron chi connectivity index (χ2n) is 7.77. The number of hydrogen-bond acceptors (Lipinski definition) is 6. The van der Waals surface area contributed by atoms with Crippen molar-refractivity contribution in [3.8, 4) is 11.5 Å². The summed E-state index contributed by atoms with van der Waals surface area (Å²) in [6.45, 7) is 1.02. The summed E-state index contributed by atoms with van der Waals surface area (Å²) in [4.78, 5) is 17.7. The predicted molar refractivity (Wildman–Crippen MR) is 110 cm³/mol. The number of halogens is 1. The third kappa shape index (κ3) is 2.92. The highest BCUT2D eigenvalue weighted by atomic mass is 35.5. The number of amides is 1. The fourth-order valence-corrected chi connectivity index (χ4v) is 4.35. The van der Waals surface area contributed by atoms with Crippen molar-refractivity contribution in [3.05, 3.63) is 53.1 Å². The average molecular weight is 424 g/mol. The highest BCUT2D eigenvalue weighted by molar-refractivity contribution is 6.30. The van der Waals surface area contributed by atoms with Crippen molar-refractivity contribution in [1.29, 1.82) is 0 Å². The van der Waals surface area contributed by atoms with Crippen LogP contribution in [-0.2, 0) is 0 Å². The zero-order chi connectivity index (χ0) is 20.2. The number of hydrazone groups is 1. The molecule has 1 amide bonds. The monoisotopic (exact) mass is 423 g/mol. The number of furan rings is 1. The summed E-state index contributed by atoms with van der Waals surface area (Å²) < 4.78 is 16.7. The van der Waals surface area contributed by atoms with E-state index in [-0.39, 0.29) is 17.7 Å². The molecular weight excluding hydrogens is 406 g/mol. The number of benzene rings is 1. The lowest BCUT2D eigenvalue weighted by Crippen LogP contribution is -2.27. The zero-order valence-corrected chi connectivity index (χ0v) is 16.8. The molecule has 1 aliphatic carbocycles. The minimum absolute atomic E-state index is 0.255. The first-order valence-electron chi connectivity index (χ1n) is 10.0. The molecule has 8 heteroatoms. The molecule has 0 unspecified atom stereocenters. The normalized spacial score (nSPS) is 20.5. The summed E-state index contributed by atoms with van der Waals surface area (Å²) in [7, 11) is 0. The van der Waals surface area contributed by atoms with Crippen LogP contribution >= 0.6 is 11.6 Å². The second-order valence-corrected chi connectivity index (χ2v) is 8.13. The third-order valence-corrected chi connectivity index (χ3v) is 6.04. The number of ether oxygens (including phenoxy) is 2. The molecule has 1 aromatic carbocycles. The summed E-state index contributed by atoms with van der Waals surface area (Å²) in [6, 6.07) is 8.74. The Balaban J connectivity index is 1.42. The van der Waals surface area contributed by atoms with Crippen LogP contribution in [0.4, 0.5) is 0 Å². The average Bonchev–Trinajstić information content (AvgIpc) is 3.28. The summed E-state index contributed by atoms with van der Waals surface area (Å²) in [6.07, 6.45) is 4.36. The van der Waals surface area contributed by atoms with Crippen molar-refractivity contribution in [2.75, 3.05) is 13.2 Å². The maximum absolute atomic E-state index is 13.1. The van der Waals surface area contributed by atoms with Crippen molar-refractivity contribution in [3.63, 3.8) is 0 Å². The van der Waals surface area contributed by atoms with E-state index in [0.29, 0.717) is 42.2 Å². The smallest absolute Gasteiger partial charge is 0.310 e. The summed E-state index contributed by atoms with van der Waals surface area (Å²) >= 11 is 6.61. The molecular formula is C22H18ClN3O4. The number of nitrogens with zero attached hydrogens (tertiary/aromatic N) is 3. The van der Waals surface area contributed by atoms with Crippen molar-refractivity contribution >= 4 is 34.1 Å². The second kappa shape index (κ2) is 6.74. The predicted octanol–water partition coefficient (Wildman–Crippen LogP) is 4.61. The summed E-state index contributed by atoms with van der Waals surface area (Å²) in [5.41, 5.74) is 2.52. The lowest BCUT2D eigenvalue weighted by Gasteiger charge is -2.23. The van der Waals surface area contributed by atoms with Crippen molar-refractivity contribution < 1.29 is 18.7 Å². The van der Waals surface area contributed by atoms with Gasteiger partial charge in [-0.1, -0.05) is 11.6 Å². The molecule has 30 heavy (non-hydrogen) atoms. The topological polar surface area (TPSA) is 77.2 Å². The maximum Gasteiger partial charge on any atom is 0.310 e. The summed E-state index contributed by atoms with van der Waals surface area (Å²) in [5.74, 6) is 1.78. The molecule has 7 nitrogen and oxygen atoms in total. The lowest BCUT2D eigenvalue weighted by molar-refractivity contribution is 0.0678. The van der Waals surface area contributed by atoms with Crippen LogP contribution in [0.1, 0.15) is 41.4 Å². The molecule has 1 fully saturated rings. The Morgan fingerprint density at radius 2 is 1.93 bits per heavy atom. The van der Waals surface area contributed by atoms with Gasteiger partial charge in [-0.05, 0) is 43.0 Å². The zero-order valence-electron chi connectivity index (χ0n) is 16.0. The Labute approximate surface area is 177 Å². The van der Waals surface area contributed by atoms with Crippen LogP contribution in [0.3, 0.4) is 0 Å². The van der Waals surface area contributed by atoms with E-state index in [9.17, 15) is 4.79 Å². The molecule has 152 valence electrons. The number of carbonyl (C=O) groups excluding carboxylic acids is 1. The largest absolute Gasteiger partial charge is 0.486 e. The van der Waals surface area contributed by atoms with Gasteiger partial charge < -0.3 is 13.9 Å². The van der Waals surface area contributed by atoms with Crippen molar-refractivity contribution in [2.45, 2.75) is 25.3 Å². The minimum atomic E-state index is -0.323. The van der Waals surface area contributed by atoms with Crippen LogP contribution in [0.15, 0.2) is 46.1 Å². The van der Waals surface area contributed by atoms with Crippen molar-refractivity contribution in [1.82, 2.24) is 9.99 Å². The van der Waals surface area contributed by atoms with Gasteiger partial charge in [0.05, 0.1) is 17.8 Å². The number of hydrogen-bond donors (Lipinski definition) is 0. The highest BCUT2D eigenvalue weighted by Crippen LogP contribution is 2.43. The Morgan fingerprint density at radius 1 is 1.13 bits per heavy atom. The van der Waals surface area contributed by atoms with E-state index in [1.54, 1.807) is 12.1 Å². The van der Waals surface area contributed by atoms with E-state index >= 15 is 0 Å². The highest BCUT2D eigenvalue weighted by Gasteiger charge is 2.41. The quantitative estimate of drug-likeness (QED) is 0.575. The fraction of sp³-hybridized carbons (Fsp3) is 0.318. The van der Waals surface area contributed by atoms with E-state index in [2.05, 4.69) is 10.1 Å². The number of carbonyl (C=O) groups is 1. The standard InChI is InChI=1S/C22H18ClN3O4/c23-21-14(8-13-9-19-20(11-15(13)24-21)30-7-6-29-19)17-10-16(12-3-4-12)25-26(17)22(27)18-2-1-5-28-18/h1-2,5,8-9,11-12,17H,3-4,6-7,10H2/t17-/m0/s1. The molecule has 0 spiro atoms. The summed E-state index contributed by atoms with van der Waals surface area (Å²) in [5, 5.41) is 7.40. The first-order valence-corrected chi connectivity index (χ1v) is 10.4. The van der Waals surface area contributed by atoms with Gasteiger partial charge in [-0.15, -0.1) is 0 Å². The van der Waals surface area contributed by atoms with Gasteiger partial charge in [-0.3, -0.25) is 4.79 Å². The molecule has 2 aromatic heterocycles. The Kier molecular flexibility index (Phi) is 3.99. The van der Waals surface area contributed by atoms with Gasteiger partial charge in [0.2, 0.25) is 0 Å². The van der Waals surface area contributed by atoms with E-state index in [4.69, 9.17) is 25.5 Å². The molecule has 3 aliphatic rings. The molecule has 4 heterocycles. The Bertz CT molecular complexity index is 1190. The fourth-order valence-electron chi connectivity index (χ4n) is 4.08. The van der Waals surface area contributed by atoms with Gasteiger partial charge in [-0.25, -0.2) is 9.99 Å². The van der Waals surface area contributed by atoms with E-state index in [1.165, 1.54) is 11.3 Å².